The molecule has 0 spiro atoms. The van der Waals surface area contributed by atoms with Gasteiger partial charge in [0, 0.05) is 0 Å². The number of alkyl halides is 3. The van der Waals surface area contributed by atoms with Crippen molar-refractivity contribution in [1.29, 1.82) is 0 Å². The number of hydrogen-bond donors (Lipinski definition) is 0. The Labute approximate surface area is 91.5 Å². The van der Waals surface area contributed by atoms with Gasteiger partial charge in [-0.25, -0.2) is 0 Å². The highest BCUT2D eigenvalue weighted by Gasteiger charge is 2.30. The minimum atomic E-state index is -4.28. The topological polar surface area (TPSA) is 9.23 Å². The highest BCUT2D eigenvalue weighted by atomic mass is 19.4. The van der Waals surface area contributed by atoms with E-state index in [1.807, 2.05) is 12.2 Å². The molecule has 0 aliphatic carbocycles. The van der Waals surface area contributed by atoms with E-state index in [0.717, 1.165) is 24.1 Å². The summed E-state index contributed by atoms with van der Waals surface area (Å²) in [6, 6.07) is 5.09. The Hall–Kier alpha value is -1.29. The van der Waals surface area contributed by atoms with E-state index in [0.29, 0.717) is 6.61 Å². The summed E-state index contributed by atoms with van der Waals surface area (Å²) >= 11 is 0. The Balaban J connectivity index is 2.19. The van der Waals surface area contributed by atoms with Crippen LogP contribution in [0.1, 0.15) is 23.7 Å². The molecule has 86 valence electrons. The second-order valence-corrected chi connectivity index (χ2v) is 3.63. The van der Waals surface area contributed by atoms with Crippen LogP contribution in [-0.2, 0) is 10.9 Å². The Morgan fingerprint density at radius 2 is 1.81 bits per heavy atom. The van der Waals surface area contributed by atoms with Gasteiger partial charge < -0.3 is 4.74 Å². The van der Waals surface area contributed by atoms with Crippen molar-refractivity contribution in [3.8, 4) is 0 Å². The van der Waals surface area contributed by atoms with Crippen molar-refractivity contribution in [2.75, 3.05) is 6.61 Å². The smallest absolute Gasteiger partial charge is 0.369 e. The van der Waals surface area contributed by atoms with E-state index >= 15 is 0 Å². The number of ether oxygens (including phenoxy) is 1. The molecule has 4 heteroatoms. The normalized spacial score (nSPS) is 21.1. The minimum absolute atomic E-state index is 0.212. The van der Waals surface area contributed by atoms with E-state index < -0.39 is 11.7 Å². The van der Waals surface area contributed by atoms with E-state index in [2.05, 4.69) is 0 Å². The Morgan fingerprint density at radius 3 is 2.31 bits per heavy atom. The van der Waals surface area contributed by atoms with Gasteiger partial charge in [0.25, 0.3) is 0 Å². The lowest BCUT2D eigenvalue weighted by Gasteiger charge is -2.18. The lowest BCUT2D eigenvalue weighted by molar-refractivity contribution is -0.137. The minimum Gasteiger partial charge on any atom is -0.369 e. The maximum Gasteiger partial charge on any atom is 0.416 e. The molecule has 0 saturated heterocycles. The Bertz CT molecular complexity index is 378. The first-order valence-corrected chi connectivity index (χ1v) is 5.03. The number of rotatable bonds is 1. The molecule has 1 atom stereocenters. The van der Waals surface area contributed by atoms with Gasteiger partial charge >= 0.3 is 6.18 Å². The number of halogens is 3. The van der Waals surface area contributed by atoms with Crippen LogP contribution in [0.2, 0.25) is 0 Å². The lowest BCUT2D eigenvalue weighted by atomic mass is 10.0. The van der Waals surface area contributed by atoms with Gasteiger partial charge in [-0.1, -0.05) is 24.3 Å². The molecule has 0 radical (unpaired) electrons. The number of benzene rings is 1. The van der Waals surface area contributed by atoms with Crippen LogP contribution in [0.5, 0.6) is 0 Å². The first-order valence-electron chi connectivity index (χ1n) is 5.03. The van der Waals surface area contributed by atoms with Crippen molar-refractivity contribution in [3.05, 3.63) is 47.5 Å². The predicted octanol–water partition coefficient (Wildman–Crippen LogP) is 3.72. The molecule has 1 aliphatic heterocycles. The SMILES string of the molecule is FC(F)(F)c1ccc([C@@H]2C=CCCO2)cc1. The van der Waals surface area contributed by atoms with Crippen LogP contribution in [0.3, 0.4) is 0 Å². The van der Waals surface area contributed by atoms with Gasteiger partial charge in [0.05, 0.1) is 12.2 Å². The van der Waals surface area contributed by atoms with E-state index in [9.17, 15) is 13.2 Å². The van der Waals surface area contributed by atoms with Crippen LogP contribution in [0.25, 0.3) is 0 Å². The molecule has 1 aromatic rings. The lowest BCUT2D eigenvalue weighted by Crippen LogP contribution is -2.08. The van der Waals surface area contributed by atoms with Crippen LogP contribution >= 0.6 is 0 Å². The predicted molar refractivity (Wildman–Crippen MR) is 53.9 cm³/mol. The van der Waals surface area contributed by atoms with Crippen LogP contribution in [-0.4, -0.2) is 6.61 Å². The van der Waals surface area contributed by atoms with Gasteiger partial charge in [0.2, 0.25) is 0 Å². The Morgan fingerprint density at radius 1 is 1.12 bits per heavy atom. The van der Waals surface area contributed by atoms with Crippen molar-refractivity contribution in [2.45, 2.75) is 18.7 Å². The monoisotopic (exact) mass is 228 g/mol. The van der Waals surface area contributed by atoms with Crippen molar-refractivity contribution in [2.24, 2.45) is 0 Å². The van der Waals surface area contributed by atoms with E-state index in [4.69, 9.17) is 4.74 Å². The third-order valence-corrected chi connectivity index (χ3v) is 2.46. The molecule has 0 amide bonds. The fourth-order valence-corrected chi connectivity index (χ4v) is 1.61. The van der Waals surface area contributed by atoms with Crippen molar-refractivity contribution in [3.63, 3.8) is 0 Å². The molecular formula is C12H11F3O. The fourth-order valence-electron chi connectivity index (χ4n) is 1.61. The highest BCUT2D eigenvalue weighted by molar-refractivity contribution is 5.28. The van der Waals surface area contributed by atoms with E-state index in [1.165, 1.54) is 12.1 Å². The van der Waals surface area contributed by atoms with Crippen LogP contribution in [0, 0.1) is 0 Å². The summed E-state index contributed by atoms with van der Waals surface area (Å²) in [4.78, 5) is 0. The van der Waals surface area contributed by atoms with Gasteiger partial charge in [0.15, 0.2) is 0 Å². The second-order valence-electron chi connectivity index (χ2n) is 3.63. The summed E-state index contributed by atoms with van der Waals surface area (Å²) in [6.45, 7) is 0.613. The summed E-state index contributed by atoms with van der Waals surface area (Å²) in [7, 11) is 0. The Kier molecular flexibility index (Phi) is 3.01. The summed E-state index contributed by atoms with van der Waals surface area (Å²) in [6.07, 6.45) is 0.215. The van der Waals surface area contributed by atoms with Gasteiger partial charge in [-0.05, 0) is 24.1 Å². The largest absolute Gasteiger partial charge is 0.416 e. The number of hydrogen-bond acceptors (Lipinski definition) is 1. The third-order valence-electron chi connectivity index (χ3n) is 2.46. The average molecular weight is 228 g/mol. The molecule has 2 rings (SSSR count). The average Bonchev–Trinajstić information content (AvgIpc) is 2.29. The van der Waals surface area contributed by atoms with Gasteiger partial charge in [-0.3, -0.25) is 0 Å². The first-order chi connectivity index (χ1) is 7.57. The van der Waals surface area contributed by atoms with Gasteiger partial charge in [-0.15, -0.1) is 0 Å². The molecule has 0 aromatic heterocycles. The maximum atomic E-state index is 12.3. The zero-order chi connectivity index (χ0) is 11.6. The molecule has 0 N–H and O–H groups in total. The maximum absolute atomic E-state index is 12.3. The zero-order valence-electron chi connectivity index (χ0n) is 8.50. The molecule has 1 heterocycles. The van der Waals surface area contributed by atoms with Gasteiger partial charge in [0.1, 0.15) is 6.10 Å². The molecule has 1 nitrogen and oxygen atoms in total. The highest BCUT2D eigenvalue weighted by Crippen LogP contribution is 2.31. The van der Waals surface area contributed by atoms with Crippen molar-refractivity contribution >= 4 is 0 Å². The van der Waals surface area contributed by atoms with Crippen LogP contribution < -0.4 is 0 Å². The summed E-state index contributed by atoms with van der Waals surface area (Å²) in [5.74, 6) is 0. The molecular weight excluding hydrogens is 217 g/mol. The molecule has 0 unspecified atom stereocenters. The van der Waals surface area contributed by atoms with Crippen LogP contribution in [0.15, 0.2) is 36.4 Å². The second kappa shape index (κ2) is 4.29. The molecule has 16 heavy (non-hydrogen) atoms. The van der Waals surface area contributed by atoms with E-state index in [1.54, 1.807) is 0 Å². The standard InChI is InChI=1S/C12H11F3O/c13-12(14,15)10-6-4-9(5-7-10)11-3-1-2-8-16-11/h1,3-7,11H,2,8H2/t11-/m0/s1. The van der Waals surface area contributed by atoms with Gasteiger partial charge in [-0.2, -0.15) is 13.2 Å². The third kappa shape index (κ3) is 2.44. The summed E-state index contributed by atoms with van der Waals surface area (Å²) in [5.41, 5.74) is 0.125. The summed E-state index contributed by atoms with van der Waals surface area (Å²) in [5, 5.41) is 0. The fraction of sp³-hybridized carbons (Fsp3) is 0.333. The van der Waals surface area contributed by atoms with Crippen molar-refractivity contribution in [1.82, 2.24) is 0 Å². The molecule has 0 saturated carbocycles. The zero-order valence-corrected chi connectivity index (χ0v) is 8.50. The van der Waals surface area contributed by atoms with Crippen molar-refractivity contribution < 1.29 is 17.9 Å². The summed E-state index contributed by atoms with van der Waals surface area (Å²) < 4.78 is 42.4. The molecule has 1 aromatic carbocycles. The molecule has 0 fully saturated rings. The molecule has 1 aliphatic rings. The van der Waals surface area contributed by atoms with E-state index in [-0.39, 0.29) is 6.10 Å². The molecule has 0 bridgehead atoms. The first kappa shape index (κ1) is 11.2. The quantitative estimate of drug-likeness (QED) is 0.665. The van der Waals surface area contributed by atoms with Crippen LogP contribution in [0.4, 0.5) is 13.2 Å².